The fourth-order valence-electron chi connectivity index (χ4n) is 3.56. The molecule has 0 atom stereocenters. The highest BCUT2D eigenvalue weighted by Crippen LogP contribution is 2.25. The van der Waals surface area contributed by atoms with Gasteiger partial charge in [-0.15, -0.1) is 0 Å². The molecule has 2 N–H and O–H groups in total. The van der Waals surface area contributed by atoms with Crippen molar-refractivity contribution < 1.29 is 9.18 Å². The molecule has 0 aliphatic heterocycles. The lowest BCUT2D eigenvalue weighted by Crippen LogP contribution is -2.14. The summed E-state index contributed by atoms with van der Waals surface area (Å²) >= 11 is 0. The van der Waals surface area contributed by atoms with Crippen LogP contribution < -0.4 is 10.6 Å². The van der Waals surface area contributed by atoms with Crippen LogP contribution in [0.1, 0.15) is 36.2 Å². The van der Waals surface area contributed by atoms with Crippen molar-refractivity contribution in [3.05, 3.63) is 72.3 Å². The van der Waals surface area contributed by atoms with E-state index in [-0.39, 0.29) is 11.6 Å². The molecule has 1 fully saturated rings. The number of rotatable bonds is 6. The summed E-state index contributed by atoms with van der Waals surface area (Å²) in [6, 6.07) is 15.5. The lowest BCUT2D eigenvalue weighted by Gasteiger charge is -2.12. The number of benzene rings is 2. The number of nitrogens with zero attached hydrogens (tertiary/aromatic N) is 2. The number of hydrogen-bond donors (Lipinski definition) is 2. The fraction of sp³-hybridized carbons (Fsp3) is 0.273. The number of nitrogens with one attached hydrogen (secondary N) is 2. The molecule has 1 aromatic heterocycles. The molecule has 1 saturated carbocycles. The third-order valence-corrected chi connectivity index (χ3v) is 5.13. The van der Waals surface area contributed by atoms with E-state index in [9.17, 15) is 9.18 Å². The summed E-state index contributed by atoms with van der Waals surface area (Å²) in [5.41, 5.74) is 2.27. The highest BCUT2D eigenvalue weighted by molar-refractivity contribution is 6.02. The minimum absolute atomic E-state index is 0.228. The number of hydrogen-bond acceptors (Lipinski definition) is 3. The molecule has 0 unspecified atom stereocenters. The average Bonchev–Trinajstić information content (AvgIpc) is 3.40. The van der Waals surface area contributed by atoms with Gasteiger partial charge in [-0.1, -0.05) is 25.0 Å². The van der Waals surface area contributed by atoms with Gasteiger partial charge in [0, 0.05) is 24.1 Å². The van der Waals surface area contributed by atoms with E-state index in [2.05, 4.69) is 15.7 Å². The third kappa shape index (κ3) is 4.22. The number of carbonyl (C=O) groups is 1. The molecular weight excluding hydrogens is 355 g/mol. The number of aromatic nitrogens is 2. The Morgan fingerprint density at radius 3 is 2.50 bits per heavy atom. The molecule has 144 valence electrons. The van der Waals surface area contributed by atoms with Crippen molar-refractivity contribution in [2.75, 3.05) is 17.2 Å². The van der Waals surface area contributed by atoms with Crippen LogP contribution in [0.3, 0.4) is 0 Å². The van der Waals surface area contributed by atoms with E-state index in [1.54, 1.807) is 30.5 Å². The van der Waals surface area contributed by atoms with Gasteiger partial charge in [0.2, 0.25) is 0 Å². The number of anilines is 2. The Morgan fingerprint density at radius 2 is 1.75 bits per heavy atom. The predicted molar refractivity (Wildman–Crippen MR) is 108 cm³/mol. The molecule has 1 heterocycles. The monoisotopic (exact) mass is 378 g/mol. The van der Waals surface area contributed by atoms with Gasteiger partial charge < -0.3 is 10.6 Å². The minimum Gasteiger partial charge on any atom is -0.385 e. The van der Waals surface area contributed by atoms with E-state index in [1.807, 2.05) is 24.3 Å². The van der Waals surface area contributed by atoms with Crippen molar-refractivity contribution in [1.82, 2.24) is 9.78 Å². The fourth-order valence-corrected chi connectivity index (χ4v) is 3.56. The van der Waals surface area contributed by atoms with Gasteiger partial charge in [0.25, 0.3) is 5.91 Å². The highest BCUT2D eigenvalue weighted by Gasteiger charge is 2.15. The average molecular weight is 378 g/mol. The summed E-state index contributed by atoms with van der Waals surface area (Å²) in [4.78, 5) is 12.4. The first-order valence-corrected chi connectivity index (χ1v) is 9.65. The molecule has 3 aromatic rings. The zero-order valence-electron chi connectivity index (χ0n) is 15.6. The van der Waals surface area contributed by atoms with Gasteiger partial charge in [-0.25, -0.2) is 9.07 Å². The standard InChI is InChI=1S/C22H23FN4O/c23-19-7-3-4-8-21(19)27-14-13-20(26-27)22(28)25-18-11-9-17(10-12-18)24-15-16-5-1-2-6-16/h3-4,7-14,16,24H,1-2,5-6,15H2,(H,25,28). The Labute approximate surface area is 163 Å². The molecule has 1 aliphatic rings. The van der Waals surface area contributed by atoms with Crippen molar-refractivity contribution in [3.63, 3.8) is 0 Å². The number of carbonyl (C=O) groups excluding carboxylic acids is 1. The normalized spacial score (nSPS) is 14.2. The first kappa shape index (κ1) is 18.2. The van der Waals surface area contributed by atoms with Crippen molar-refractivity contribution in [3.8, 4) is 5.69 Å². The summed E-state index contributed by atoms with van der Waals surface area (Å²) in [5.74, 6) is 0.0453. The quantitative estimate of drug-likeness (QED) is 0.644. The first-order chi connectivity index (χ1) is 13.7. The Hall–Kier alpha value is -3.15. The lowest BCUT2D eigenvalue weighted by atomic mass is 10.1. The summed E-state index contributed by atoms with van der Waals surface area (Å²) in [5, 5.41) is 10.5. The van der Waals surface area contributed by atoms with E-state index in [0.29, 0.717) is 11.4 Å². The second-order valence-corrected chi connectivity index (χ2v) is 7.16. The van der Waals surface area contributed by atoms with Crippen LogP contribution in [0, 0.1) is 11.7 Å². The van der Waals surface area contributed by atoms with E-state index >= 15 is 0 Å². The zero-order valence-corrected chi connectivity index (χ0v) is 15.6. The van der Waals surface area contributed by atoms with Crippen LogP contribution in [-0.2, 0) is 0 Å². The zero-order chi connectivity index (χ0) is 19.3. The van der Waals surface area contributed by atoms with Crippen LogP contribution in [0.15, 0.2) is 60.8 Å². The second kappa shape index (κ2) is 8.25. The first-order valence-electron chi connectivity index (χ1n) is 9.65. The minimum atomic E-state index is -0.391. The molecule has 5 nitrogen and oxygen atoms in total. The lowest BCUT2D eigenvalue weighted by molar-refractivity contribution is 0.102. The highest BCUT2D eigenvalue weighted by atomic mass is 19.1. The molecule has 1 amide bonds. The van der Waals surface area contributed by atoms with Crippen molar-refractivity contribution in [2.45, 2.75) is 25.7 Å². The summed E-state index contributed by atoms with van der Waals surface area (Å²) in [6.45, 7) is 0.999. The molecule has 28 heavy (non-hydrogen) atoms. The van der Waals surface area contributed by atoms with Gasteiger partial charge in [-0.05, 0) is 61.2 Å². The molecule has 1 aliphatic carbocycles. The van der Waals surface area contributed by atoms with Gasteiger partial charge in [0.05, 0.1) is 0 Å². The largest absolute Gasteiger partial charge is 0.385 e. The molecule has 0 radical (unpaired) electrons. The Balaban J connectivity index is 1.36. The van der Waals surface area contributed by atoms with Crippen LogP contribution in [0.5, 0.6) is 0 Å². The second-order valence-electron chi connectivity index (χ2n) is 7.16. The predicted octanol–water partition coefficient (Wildman–Crippen LogP) is 4.87. The molecule has 0 saturated heterocycles. The maximum Gasteiger partial charge on any atom is 0.276 e. The topological polar surface area (TPSA) is 59.0 Å². The van der Waals surface area contributed by atoms with Crippen molar-refractivity contribution in [1.29, 1.82) is 0 Å². The molecule has 0 spiro atoms. The van der Waals surface area contributed by atoms with Crippen LogP contribution in [0.2, 0.25) is 0 Å². The van der Waals surface area contributed by atoms with Gasteiger partial charge in [0.15, 0.2) is 5.69 Å². The Kier molecular flexibility index (Phi) is 5.37. The number of para-hydroxylation sites is 1. The summed E-state index contributed by atoms with van der Waals surface area (Å²) < 4.78 is 15.2. The van der Waals surface area contributed by atoms with Crippen molar-refractivity contribution in [2.24, 2.45) is 5.92 Å². The van der Waals surface area contributed by atoms with Crippen molar-refractivity contribution >= 4 is 17.3 Å². The van der Waals surface area contributed by atoms with Gasteiger partial charge in [-0.3, -0.25) is 4.79 Å². The smallest absolute Gasteiger partial charge is 0.276 e. The Bertz CT molecular complexity index is 945. The number of halogens is 1. The van der Waals surface area contributed by atoms with Crippen LogP contribution in [-0.4, -0.2) is 22.2 Å². The van der Waals surface area contributed by atoms with Gasteiger partial charge in [0.1, 0.15) is 11.5 Å². The van der Waals surface area contributed by atoms with Gasteiger partial charge in [-0.2, -0.15) is 5.10 Å². The van der Waals surface area contributed by atoms with E-state index in [0.717, 1.165) is 18.2 Å². The molecule has 6 heteroatoms. The van der Waals surface area contributed by atoms with E-state index in [4.69, 9.17) is 0 Å². The van der Waals surface area contributed by atoms with Crippen LogP contribution >= 0.6 is 0 Å². The maximum absolute atomic E-state index is 13.9. The van der Waals surface area contributed by atoms with Gasteiger partial charge >= 0.3 is 0 Å². The molecular formula is C22H23FN4O. The number of amides is 1. The van der Waals surface area contributed by atoms with E-state index in [1.165, 1.54) is 36.4 Å². The SMILES string of the molecule is O=C(Nc1ccc(NCC2CCCC2)cc1)c1ccn(-c2ccccc2F)n1. The Morgan fingerprint density at radius 1 is 1.04 bits per heavy atom. The summed E-state index contributed by atoms with van der Waals surface area (Å²) in [6.07, 6.45) is 6.86. The molecule has 2 aromatic carbocycles. The third-order valence-electron chi connectivity index (χ3n) is 5.13. The summed E-state index contributed by atoms with van der Waals surface area (Å²) in [7, 11) is 0. The maximum atomic E-state index is 13.9. The molecule has 0 bridgehead atoms. The van der Waals surface area contributed by atoms with Crippen LogP contribution in [0.25, 0.3) is 5.69 Å². The van der Waals surface area contributed by atoms with Crippen LogP contribution in [0.4, 0.5) is 15.8 Å². The van der Waals surface area contributed by atoms with E-state index < -0.39 is 5.82 Å². The molecule has 4 rings (SSSR count).